The molecule has 0 radical (unpaired) electrons. The van der Waals surface area contributed by atoms with Crippen LogP contribution in [-0.4, -0.2) is 30.0 Å². The molecule has 13 nitrogen and oxygen atoms in total. The van der Waals surface area contributed by atoms with Crippen LogP contribution >= 0.6 is 0 Å². The molecule has 260 valence electrons. The van der Waals surface area contributed by atoms with E-state index in [4.69, 9.17) is 0 Å². The minimum atomic E-state index is -4.91. The first kappa shape index (κ1) is 42.0. The Labute approximate surface area is 353 Å². The maximum Gasteiger partial charge on any atom is 1.00 e. The molecule has 0 aliphatic carbocycles. The molecule has 0 fully saturated rings. The summed E-state index contributed by atoms with van der Waals surface area (Å²) >= 11 is 0. The molecule has 0 aromatic heterocycles. The van der Waals surface area contributed by atoms with Crippen LogP contribution < -0.4 is 74.6 Å². The smallest absolute Gasteiger partial charge is 0.872 e. The maximum atomic E-state index is 13.5. The van der Waals surface area contributed by atoms with Crippen molar-refractivity contribution in [3.8, 4) is 22.6 Å². The zero-order chi connectivity index (χ0) is 37.2. The number of amides is 1. The number of azo groups is 2. The molecule has 0 saturated heterocycles. The van der Waals surface area contributed by atoms with E-state index in [1.807, 2.05) is 25.1 Å². The van der Waals surface area contributed by atoms with E-state index in [-0.39, 0.29) is 75.6 Å². The number of anilines is 1. The monoisotopic (exact) mass is 759 g/mol. The average molecular weight is 760 g/mol. The Kier molecular flexibility index (Phi) is 13.7. The van der Waals surface area contributed by atoms with Gasteiger partial charge in [-0.1, -0.05) is 54.0 Å². The molecule has 0 saturated carbocycles. The molecule has 0 aliphatic rings. The number of nitrogens with zero attached hydrogens (tertiary/aromatic N) is 4. The molecule has 54 heavy (non-hydrogen) atoms. The first-order valence-corrected chi connectivity index (χ1v) is 16.9. The number of aromatic carboxylic acids is 1. The van der Waals surface area contributed by atoms with E-state index < -0.39 is 49.6 Å². The number of carbonyl (C=O) groups is 2. The largest absolute Gasteiger partial charge is 1.00 e. The number of fused-ring (bicyclic) bond motifs is 1. The maximum absolute atomic E-state index is 13.5. The van der Waals surface area contributed by atoms with Crippen molar-refractivity contribution < 1.29 is 97.0 Å². The number of nitrogens with one attached hydrogen (secondary N) is 1. The van der Waals surface area contributed by atoms with Crippen molar-refractivity contribution in [2.45, 2.75) is 18.7 Å². The normalized spacial score (nSPS) is 11.3. The molecular weight excluding hydrogens is 732 g/mol. The number of carboxylic acid groups (broad SMARTS) is 1. The van der Waals surface area contributed by atoms with Crippen LogP contribution in [0.15, 0.2) is 135 Å². The van der Waals surface area contributed by atoms with Crippen LogP contribution in [0.1, 0.15) is 31.8 Å². The molecule has 0 unspecified atom stereocenters. The second kappa shape index (κ2) is 17.6. The van der Waals surface area contributed by atoms with Gasteiger partial charge < -0.3 is 20.6 Å². The van der Waals surface area contributed by atoms with Crippen molar-refractivity contribution in [1.29, 1.82) is 0 Å². The van der Waals surface area contributed by atoms with Gasteiger partial charge in [-0.15, -0.1) is 5.11 Å². The Balaban J connectivity index is 0.00000325. The van der Waals surface area contributed by atoms with Gasteiger partial charge in [0.1, 0.15) is 4.90 Å². The van der Waals surface area contributed by atoms with E-state index in [2.05, 4.69) is 25.8 Å². The average Bonchev–Trinajstić information content (AvgIpc) is 3.11. The van der Waals surface area contributed by atoms with Crippen LogP contribution in [0, 0.1) is 13.8 Å². The van der Waals surface area contributed by atoms with E-state index in [1.165, 1.54) is 24.3 Å². The summed E-state index contributed by atoms with van der Waals surface area (Å²) in [7, 11) is -4.91. The van der Waals surface area contributed by atoms with Gasteiger partial charge in [0.2, 0.25) is 0 Å². The fourth-order valence-electron chi connectivity index (χ4n) is 5.36. The molecule has 1 amide bonds. The second-order valence-electron chi connectivity index (χ2n) is 11.7. The topological polar surface area (TPSA) is 216 Å². The molecule has 16 heteroatoms. The van der Waals surface area contributed by atoms with Crippen LogP contribution in [0.2, 0.25) is 0 Å². The summed E-state index contributed by atoms with van der Waals surface area (Å²) in [5, 5.41) is 53.8. The number of hydrogen-bond acceptors (Lipinski definition) is 10. The van der Waals surface area contributed by atoms with Gasteiger partial charge >= 0.3 is 65.1 Å². The summed E-state index contributed by atoms with van der Waals surface area (Å²) < 4.78 is 34.8. The fraction of sp³-hybridized carbons (Fsp3) is 0.0526. The predicted molar refractivity (Wildman–Crippen MR) is 190 cm³/mol. The number of benzene rings is 6. The number of carbonyl (C=O) groups excluding carboxylic acids is 1. The zero-order valence-electron chi connectivity index (χ0n) is 29.4. The predicted octanol–water partition coefficient (Wildman–Crippen LogP) is 2.31. The summed E-state index contributed by atoms with van der Waals surface area (Å²) in [6.07, 6.45) is 0. The standard InChI is InChI=1S/C38H29N5O8S.2Na/c1-21-16-24(8-13-31(21)41-40-28-11-15-33(44)30(20-28)38(47)48)25-9-14-32(22(2)17-25)42-43-35-34(52(49,50)51)19-26-18-27(10-12-29(26)36(35)45)39-37(46)23-6-4-3-5-7-23;;/h3-20,44-45H,1-2H3,(H,39,46)(H,47,48)(H,49,50,51);;/q;2*+1/p-2. The number of carboxylic acids is 1. The van der Waals surface area contributed by atoms with Crippen LogP contribution in [-0.2, 0) is 10.1 Å². The van der Waals surface area contributed by atoms with Gasteiger partial charge in [-0.25, -0.2) is 4.79 Å². The van der Waals surface area contributed by atoms with Gasteiger partial charge in [0, 0.05) is 11.3 Å². The zero-order valence-corrected chi connectivity index (χ0v) is 34.2. The summed E-state index contributed by atoms with van der Waals surface area (Å²) in [6.45, 7) is 3.59. The minimum Gasteiger partial charge on any atom is -0.872 e. The van der Waals surface area contributed by atoms with Gasteiger partial charge in [0.15, 0.2) is 0 Å². The third-order valence-corrected chi connectivity index (χ3v) is 8.92. The van der Waals surface area contributed by atoms with Crippen LogP contribution in [0.4, 0.5) is 28.4 Å². The SMILES string of the molecule is Cc1cc(-c2ccc(N=Nc3c(S(=O)(=O)O)cc4cc(NC(=O)c5ccccc5)ccc4c3[O-])c(C)c2)ccc1N=Nc1ccc([O-])c(C(=O)O)c1.[Na+].[Na+]. The first-order chi connectivity index (χ1) is 24.8. The van der Waals surface area contributed by atoms with Crippen molar-refractivity contribution in [3.63, 3.8) is 0 Å². The Bertz CT molecular complexity index is 2580. The summed E-state index contributed by atoms with van der Waals surface area (Å²) in [4.78, 5) is 23.1. The summed E-state index contributed by atoms with van der Waals surface area (Å²) in [5.41, 5.74) is 3.90. The third-order valence-electron chi connectivity index (χ3n) is 8.05. The van der Waals surface area contributed by atoms with Crippen molar-refractivity contribution in [3.05, 3.63) is 131 Å². The van der Waals surface area contributed by atoms with Gasteiger partial charge in [0.05, 0.1) is 28.3 Å². The van der Waals surface area contributed by atoms with Crippen LogP contribution in [0.5, 0.6) is 11.5 Å². The van der Waals surface area contributed by atoms with Crippen molar-refractivity contribution in [1.82, 2.24) is 0 Å². The molecule has 6 rings (SSSR count). The number of aryl methyl sites for hydroxylation is 2. The molecule has 0 bridgehead atoms. The molecule has 0 heterocycles. The molecule has 0 atom stereocenters. The van der Waals surface area contributed by atoms with E-state index >= 15 is 0 Å². The van der Waals surface area contributed by atoms with E-state index in [0.717, 1.165) is 34.9 Å². The molecule has 6 aromatic carbocycles. The fourth-order valence-corrected chi connectivity index (χ4v) is 6.01. The van der Waals surface area contributed by atoms with Crippen LogP contribution in [0.3, 0.4) is 0 Å². The van der Waals surface area contributed by atoms with Crippen molar-refractivity contribution in [2.75, 3.05) is 5.32 Å². The van der Waals surface area contributed by atoms with Gasteiger partial charge in [-0.3, -0.25) is 9.35 Å². The van der Waals surface area contributed by atoms with E-state index in [9.17, 15) is 37.9 Å². The summed E-state index contributed by atoms with van der Waals surface area (Å²) in [6, 6.07) is 28.3. The van der Waals surface area contributed by atoms with E-state index in [0.29, 0.717) is 28.2 Å². The Morgan fingerprint density at radius 2 is 1.31 bits per heavy atom. The summed E-state index contributed by atoms with van der Waals surface area (Å²) in [5.74, 6) is -3.15. The van der Waals surface area contributed by atoms with E-state index in [1.54, 1.807) is 55.5 Å². The Hall–Kier alpha value is -4.77. The van der Waals surface area contributed by atoms with Gasteiger partial charge in [-0.2, -0.15) is 23.8 Å². The minimum absolute atomic E-state index is 0. The third kappa shape index (κ3) is 9.47. The molecular formula is C38H27N5Na2O8S. The number of rotatable bonds is 9. The number of hydrogen-bond donors (Lipinski definition) is 3. The molecule has 6 aromatic rings. The Morgan fingerprint density at radius 1 is 0.704 bits per heavy atom. The van der Waals surface area contributed by atoms with Gasteiger partial charge in [0.25, 0.3) is 16.0 Å². The van der Waals surface area contributed by atoms with Crippen molar-refractivity contribution >= 4 is 61.2 Å². The molecule has 3 N–H and O–H groups in total. The molecule has 0 aliphatic heterocycles. The Morgan fingerprint density at radius 3 is 1.89 bits per heavy atom. The van der Waals surface area contributed by atoms with Gasteiger partial charge in [-0.05, 0) is 114 Å². The quantitative estimate of drug-likeness (QED) is 0.113. The first-order valence-electron chi connectivity index (χ1n) is 15.5. The second-order valence-corrected chi connectivity index (χ2v) is 13.1. The van der Waals surface area contributed by atoms with Crippen molar-refractivity contribution in [2.24, 2.45) is 20.5 Å². The molecule has 0 spiro atoms. The van der Waals surface area contributed by atoms with Crippen LogP contribution in [0.25, 0.3) is 21.9 Å².